The van der Waals surface area contributed by atoms with E-state index in [1.165, 1.54) is 37.4 Å². The van der Waals surface area contributed by atoms with Crippen molar-refractivity contribution >= 4 is 21.9 Å². The summed E-state index contributed by atoms with van der Waals surface area (Å²) < 4.78 is 45.4. The summed E-state index contributed by atoms with van der Waals surface area (Å²) in [5, 5.41) is 11.7. The Morgan fingerprint density at radius 1 is 0.627 bits per heavy atom. The molecule has 5 aromatic carbocycles. The molecule has 1 atom stereocenters. The minimum Gasteiger partial charge on any atom is -0.494 e. The van der Waals surface area contributed by atoms with E-state index in [2.05, 4.69) is 13.8 Å². The summed E-state index contributed by atoms with van der Waals surface area (Å²) in [5.74, 6) is 1.71. The molecule has 0 fully saturated rings. The number of aliphatic hydroxyl groups is 1. The van der Waals surface area contributed by atoms with Crippen molar-refractivity contribution in [3.63, 3.8) is 0 Å². The third-order valence-electron chi connectivity index (χ3n) is 8.49. The van der Waals surface area contributed by atoms with Crippen LogP contribution in [0.5, 0.6) is 17.2 Å². The summed E-state index contributed by atoms with van der Waals surface area (Å²) in [6.07, 6.45) is 8.17. The van der Waals surface area contributed by atoms with Crippen molar-refractivity contribution in [2.45, 2.75) is 86.0 Å². The van der Waals surface area contributed by atoms with Gasteiger partial charge in [-0.2, -0.15) is 8.42 Å². The fraction of sp³-hybridized carbons (Fsp3) is 0.302. The summed E-state index contributed by atoms with van der Waals surface area (Å²) >= 11 is 1.34. The first-order valence-electron chi connectivity index (χ1n) is 17.9. The first kappa shape index (κ1) is 38.0. The molecule has 6 nitrogen and oxygen atoms in total. The van der Waals surface area contributed by atoms with Crippen LogP contribution in [-0.4, -0.2) is 26.7 Å². The molecule has 268 valence electrons. The molecule has 0 heterocycles. The van der Waals surface area contributed by atoms with Crippen LogP contribution >= 0.6 is 11.8 Å². The average Bonchev–Trinajstić information content (AvgIpc) is 3.15. The van der Waals surface area contributed by atoms with Crippen molar-refractivity contribution in [3.05, 3.63) is 132 Å². The van der Waals surface area contributed by atoms with Crippen LogP contribution in [0.1, 0.15) is 82.4 Å². The Hall–Kier alpha value is -4.24. The summed E-state index contributed by atoms with van der Waals surface area (Å²) in [6, 6.07) is 36.5. The van der Waals surface area contributed by atoms with Gasteiger partial charge in [-0.1, -0.05) is 125 Å². The standard InChI is InChI=1S/C43H48O6S2/c1-3-5-7-8-9-15-30-48-37-20-16-17-34(31-37)43(44)40-22-14-13-21-39(40)33-23-28-41(50-38-26-24-35(25-27-38)47-29-6-4-2)42(32-33)51(45,46)49-36-18-11-10-12-19-36/h10-14,16-28,31-32,43-44H,3-9,15,29-30H2,1-2H3. The molecule has 0 aliphatic heterocycles. The van der Waals surface area contributed by atoms with Crippen molar-refractivity contribution in [1.82, 2.24) is 0 Å². The third-order valence-corrected chi connectivity index (χ3v) is 11.0. The van der Waals surface area contributed by atoms with Gasteiger partial charge in [-0.05, 0) is 95.8 Å². The van der Waals surface area contributed by atoms with E-state index in [0.717, 1.165) is 36.3 Å². The number of hydrogen-bond acceptors (Lipinski definition) is 7. The van der Waals surface area contributed by atoms with Crippen LogP contribution < -0.4 is 13.7 Å². The number of para-hydroxylation sites is 1. The molecular formula is C43H48O6S2. The molecule has 51 heavy (non-hydrogen) atoms. The molecule has 0 saturated carbocycles. The Balaban J connectivity index is 1.42. The molecule has 1 unspecified atom stereocenters. The van der Waals surface area contributed by atoms with Gasteiger partial charge in [0.05, 0.1) is 13.2 Å². The molecule has 0 amide bonds. The van der Waals surface area contributed by atoms with Gasteiger partial charge in [-0.3, -0.25) is 0 Å². The molecule has 0 bridgehead atoms. The molecule has 5 rings (SSSR count). The molecule has 0 aliphatic carbocycles. The SMILES string of the molecule is CCCCCCCCOc1cccc(C(O)c2ccccc2-c2ccc(Sc3ccc(OCCCC)cc3)c(S(=O)(=O)Oc3ccccc3)c2)c1. The van der Waals surface area contributed by atoms with E-state index in [-0.39, 0.29) is 10.6 Å². The van der Waals surface area contributed by atoms with E-state index in [1.54, 1.807) is 42.5 Å². The average molecular weight is 725 g/mol. The van der Waals surface area contributed by atoms with Gasteiger partial charge in [0.25, 0.3) is 0 Å². The first-order chi connectivity index (χ1) is 24.9. The monoisotopic (exact) mass is 724 g/mol. The number of unbranched alkanes of at least 4 members (excludes halogenated alkanes) is 6. The van der Waals surface area contributed by atoms with Crippen LogP contribution in [0.15, 0.2) is 136 Å². The highest BCUT2D eigenvalue weighted by molar-refractivity contribution is 8.00. The Morgan fingerprint density at radius 2 is 1.29 bits per heavy atom. The van der Waals surface area contributed by atoms with Crippen molar-refractivity contribution < 1.29 is 27.2 Å². The molecule has 0 saturated heterocycles. The number of ether oxygens (including phenoxy) is 2. The lowest BCUT2D eigenvalue weighted by Gasteiger charge is -2.19. The van der Waals surface area contributed by atoms with Crippen LogP contribution in [0, 0.1) is 0 Å². The van der Waals surface area contributed by atoms with Gasteiger partial charge in [-0.25, -0.2) is 0 Å². The molecule has 8 heteroatoms. The molecule has 0 aliphatic rings. The van der Waals surface area contributed by atoms with E-state index in [4.69, 9.17) is 13.7 Å². The Labute approximate surface area is 307 Å². The molecule has 5 aromatic rings. The van der Waals surface area contributed by atoms with Crippen LogP contribution in [0.3, 0.4) is 0 Å². The fourth-order valence-electron chi connectivity index (χ4n) is 5.69. The Kier molecular flexibility index (Phi) is 14.4. The fourth-order valence-corrected chi connectivity index (χ4v) is 7.99. The van der Waals surface area contributed by atoms with Gasteiger partial charge >= 0.3 is 10.1 Å². The second-order valence-electron chi connectivity index (χ2n) is 12.5. The summed E-state index contributed by atoms with van der Waals surface area (Å²) in [7, 11) is -4.25. The number of hydrogen-bond donors (Lipinski definition) is 1. The van der Waals surface area contributed by atoms with Crippen molar-refractivity contribution in [2.24, 2.45) is 0 Å². The smallest absolute Gasteiger partial charge is 0.340 e. The number of benzene rings is 5. The van der Waals surface area contributed by atoms with Gasteiger partial charge in [0, 0.05) is 9.79 Å². The highest BCUT2D eigenvalue weighted by Gasteiger charge is 2.24. The highest BCUT2D eigenvalue weighted by atomic mass is 32.2. The summed E-state index contributed by atoms with van der Waals surface area (Å²) in [6.45, 7) is 5.62. The zero-order chi connectivity index (χ0) is 35.9. The number of aliphatic hydroxyl groups excluding tert-OH is 1. The van der Waals surface area contributed by atoms with Crippen molar-refractivity contribution in [1.29, 1.82) is 0 Å². The van der Waals surface area contributed by atoms with Crippen molar-refractivity contribution in [3.8, 4) is 28.4 Å². The zero-order valence-corrected chi connectivity index (χ0v) is 31.1. The molecule has 1 N–H and O–H groups in total. The van der Waals surface area contributed by atoms with Gasteiger partial charge in [0.2, 0.25) is 0 Å². The van der Waals surface area contributed by atoms with Gasteiger partial charge < -0.3 is 18.8 Å². The predicted octanol–water partition coefficient (Wildman–Crippen LogP) is 11.3. The maximum atomic E-state index is 13.9. The summed E-state index contributed by atoms with van der Waals surface area (Å²) in [5.41, 5.74) is 2.69. The van der Waals surface area contributed by atoms with Crippen LogP contribution in [0.2, 0.25) is 0 Å². The van der Waals surface area contributed by atoms with E-state index in [0.29, 0.717) is 46.1 Å². The number of rotatable bonds is 20. The van der Waals surface area contributed by atoms with Crippen LogP contribution in [0.25, 0.3) is 11.1 Å². The molecule has 0 aromatic heterocycles. The van der Waals surface area contributed by atoms with E-state index >= 15 is 0 Å². The van der Waals surface area contributed by atoms with Gasteiger partial charge in [-0.15, -0.1) is 0 Å². The maximum absolute atomic E-state index is 13.9. The third kappa shape index (κ3) is 11.1. The lowest BCUT2D eigenvalue weighted by atomic mass is 9.93. The van der Waals surface area contributed by atoms with Crippen molar-refractivity contribution in [2.75, 3.05) is 13.2 Å². The van der Waals surface area contributed by atoms with Crippen LogP contribution in [0.4, 0.5) is 0 Å². The quantitative estimate of drug-likeness (QED) is 0.0632. The largest absolute Gasteiger partial charge is 0.494 e. The Morgan fingerprint density at radius 3 is 2.08 bits per heavy atom. The minimum atomic E-state index is -4.25. The maximum Gasteiger partial charge on any atom is 0.340 e. The van der Waals surface area contributed by atoms with E-state index < -0.39 is 16.2 Å². The lowest BCUT2D eigenvalue weighted by Crippen LogP contribution is -2.11. The zero-order valence-electron chi connectivity index (χ0n) is 29.5. The van der Waals surface area contributed by atoms with E-state index in [9.17, 15) is 13.5 Å². The second-order valence-corrected chi connectivity index (χ2v) is 15.1. The van der Waals surface area contributed by atoms with Crippen LogP contribution in [-0.2, 0) is 10.1 Å². The Bertz CT molecular complexity index is 1910. The predicted molar refractivity (Wildman–Crippen MR) is 206 cm³/mol. The lowest BCUT2D eigenvalue weighted by molar-refractivity contribution is 0.220. The van der Waals surface area contributed by atoms with Gasteiger partial charge in [0.1, 0.15) is 28.2 Å². The van der Waals surface area contributed by atoms with E-state index in [1.807, 2.05) is 78.9 Å². The molecular weight excluding hydrogens is 677 g/mol. The molecule has 0 spiro atoms. The van der Waals surface area contributed by atoms with Gasteiger partial charge in [0.15, 0.2) is 0 Å². The first-order valence-corrected chi connectivity index (χ1v) is 20.1. The second kappa shape index (κ2) is 19.4. The summed E-state index contributed by atoms with van der Waals surface area (Å²) in [4.78, 5) is 1.41. The molecule has 0 radical (unpaired) electrons. The highest BCUT2D eigenvalue weighted by Crippen LogP contribution is 2.39. The normalized spacial score (nSPS) is 12.0. The minimum absolute atomic E-state index is 0.0338. The topological polar surface area (TPSA) is 82.1 Å².